The van der Waals surface area contributed by atoms with Gasteiger partial charge in [0.25, 0.3) is 0 Å². The summed E-state index contributed by atoms with van der Waals surface area (Å²) < 4.78 is 5.94. The summed E-state index contributed by atoms with van der Waals surface area (Å²) in [6, 6.07) is 4.53. The number of nitrogens with one attached hydrogen (secondary N) is 1. The molecule has 1 aromatic heterocycles. The van der Waals surface area contributed by atoms with Gasteiger partial charge in [-0.2, -0.15) is 0 Å². The summed E-state index contributed by atoms with van der Waals surface area (Å²) in [5.41, 5.74) is 1.52. The maximum Gasteiger partial charge on any atom is 0.125 e. The molecule has 2 nitrogen and oxygen atoms in total. The lowest BCUT2D eigenvalue weighted by molar-refractivity contribution is 0.417. The van der Waals surface area contributed by atoms with Crippen molar-refractivity contribution in [1.29, 1.82) is 0 Å². The fourth-order valence-corrected chi connectivity index (χ4v) is 2.66. The third-order valence-electron chi connectivity index (χ3n) is 3.67. The first-order valence-corrected chi connectivity index (χ1v) is 7.36. The van der Waals surface area contributed by atoms with E-state index in [9.17, 15) is 0 Å². The van der Waals surface area contributed by atoms with Crippen LogP contribution in [0.15, 0.2) is 28.2 Å². The third kappa shape index (κ3) is 3.26. The van der Waals surface area contributed by atoms with Crippen LogP contribution in [0.3, 0.4) is 0 Å². The highest BCUT2D eigenvalue weighted by atomic mass is 16.3. The van der Waals surface area contributed by atoms with E-state index in [1.54, 1.807) is 0 Å². The van der Waals surface area contributed by atoms with Crippen LogP contribution in [0, 0.1) is 0 Å². The summed E-state index contributed by atoms with van der Waals surface area (Å²) in [5, 5.41) is 3.57. The lowest BCUT2D eigenvalue weighted by Gasteiger charge is -2.19. The second kappa shape index (κ2) is 6.79. The predicted molar refractivity (Wildman–Crippen MR) is 75.7 cm³/mol. The second-order valence-corrected chi connectivity index (χ2v) is 5.03. The molecule has 1 aliphatic carbocycles. The van der Waals surface area contributed by atoms with Gasteiger partial charge in [0.05, 0.1) is 6.04 Å². The Morgan fingerprint density at radius 2 is 2.11 bits per heavy atom. The molecule has 2 heteroatoms. The fourth-order valence-electron chi connectivity index (χ4n) is 2.66. The Bertz CT molecular complexity index is 392. The molecule has 1 aliphatic rings. The Balaban J connectivity index is 2.18. The average Bonchev–Trinajstić information content (AvgIpc) is 2.70. The topological polar surface area (TPSA) is 25.2 Å². The summed E-state index contributed by atoms with van der Waals surface area (Å²) in [6.07, 6.45) is 9.83. The van der Waals surface area contributed by atoms with Crippen molar-refractivity contribution in [1.82, 2.24) is 5.32 Å². The fraction of sp³-hybridized carbons (Fsp3) is 0.625. The largest absolute Gasteiger partial charge is 0.464 e. The van der Waals surface area contributed by atoms with E-state index >= 15 is 0 Å². The second-order valence-electron chi connectivity index (χ2n) is 5.03. The zero-order valence-corrected chi connectivity index (χ0v) is 11.7. The van der Waals surface area contributed by atoms with Gasteiger partial charge in [-0.3, -0.25) is 0 Å². The van der Waals surface area contributed by atoms with E-state index in [2.05, 4.69) is 37.4 Å². The Labute approximate surface area is 110 Å². The maximum atomic E-state index is 5.94. The van der Waals surface area contributed by atoms with Crippen molar-refractivity contribution < 1.29 is 4.42 Å². The number of hydrogen-bond donors (Lipinski definition) is 1. The zero-order valence-electron chi connectivity index (χ0n) is 11.7. The summed E-state index contributed by atoms with van der Waals surface area (Å²) in [4.78, 5) is 0. The highest BCUT2D eigenvalue weighted by Crippen LogP contribution is 2.30. The number of hydrogen-bond acceptors (Lipinski definition) is 2. The van der Waals surface area contributed by atoms with Gasteiger partial charge < -0.3 is 9.73 Å². The maximum absolute atomic E-state index is 5.94. The van der Waals surface area contributed by atoms with Crippen molar-refractivity contribution in [2.75, 3.05) is 6.54 Å². The van der Waals surface area contributed by atoms with Gasteiger partial charge in [0.1, 0.15) is 11.5 Å². The Morgan fingerprint density at radius 3 is 2.83 bits per heavy atom. The molecule has 1 heterocycles. The molecule has 0 radical (unpaired) electrons. The number of furan rings is 1. The highest BCUT2D eigenvalue weighted by Gasteiger charge is 2.19. The molecule has 1 N–H and O–H groups in total. The van der Waals surface area contributed by atoms with Crippen molar-refractivity contribution in [2.45, 2.75) is 58.4 Å². The molecule has 0 spiro atoms. The number of allylic oxidation sites excluding steroid dienone is 1. The van der Waals surface area contributed by atoms with E-state index in [0.717, 1.165) is 24.5 Å². The molecule has 0 saturated heterocycles. The number of rotatable bonds is 5. The normalized spacial score (nSPS) is 18.2. The molecular formula is C16H25NO. The Kier molecular flexibility index (Phi) is 5.06. The average molecular weight is 247 g/mol. The molecule has 0 amide bonds. The first-order valence-electron chi connectivity index (χ1n) is 7.36. The Hall–Kier alpha value is -1.02. The van der Waals surface area contributed by atoms with Gasteiger partial charge >= 0.3 is 0 Å². The van der Waals surface area contributed by atoms with Crippen LogP contribution in [0.5, 0.6) is 0 Å². The van der Waals surface area contributed by atoms with Crippen LogP contribution in [0.2, 0.25) is 0 Å². The van der Waals surface area contributed by atoms with Gasteiger partial charge in [-0.15, -0.1) is 0 Å². The standard InChI is InChI=1S/C16H25NO/c1-3-14-11-12-15(18-14)16(17-4-2)13-9-7-5-6-8-10-13/h9,11-12,16-17H,3-8,10H2,1-2H3. The molecule has 0 fully saturated rings. The van der Waals surface area contributed by atoms with Gasteiger partial charge in [-0.1, -0.05) is 26.3 Å². The molecule has 1 aromatic rings. The Morgan fingerprint density at radius 1 is 1.22 bits per heavy atom. The minimum atomic E-state index is 0.286. The number of likely N-dealkylation sites (N-methyl/N-ethyl adjacent to an activating group) is 1. The minimum absolute atomic E-state index is 0.286. The van der Waals surface area contributed by atoms with Gasteiger partial charge in [0, 0.05) is 6.42 Å². The lowest BCUT2D eigenvalue weighted by Crippen LogP contribution is -2.22. The van der Waals surface area contributed by atoms with Crippen LogP contribution in [0.4, 0.5) is 0 Å². The molecular weight excluding hydrogens is 222 g/mol. The van der Waals surface area contributed by atoms with Crippen LogP contribution in [0.1, 0.15) is 63.5 Å². The molecule has 1 atom stereocenters. The molecule has 1 unspecified atom stereocenters. The molecule has 2 rings (SSSR count). The van der Waals surface area contributed by atoms with Crippen LogP contribution >= 0.6 is 0 Å². The minimum Gasteiger partial charge on any atom is -0.464 e. The molecule has 0 saturated carbocycles. The molecule has 0 aromatic carbocycles. The predicted octanol–water partition coefficient (Wildman–Crippen LogP) is 4.38. The first-order chi connectivity index (χ1) is 8.85. The van der Waals surface area contributed by atoms with Gasteiger partial charge in [-0.05, 0) is 49.9 Å². The van der Waals surface area contributed by atoms with E-state index < -0.39 is 0 Å². The van der Waals surface area contributed by atoms with E-state index in [4.69, 9.17) is 4.42 Å². The summed E-state index contributed by atoms with van der Waals surface area (Å²) in [7, 11) is 0. The van der Waals surface area contributed by atoms with E-state index in [0.29, 0.717) is 0 Å². The molecule has 100 valence electrons. The summed E-state index contributed by atoms with van der Waals surface area (Å²) in [6.45, 7) is 5.27. The van der Waals surface area contributed by atoms with E-state index in [1.807, 2.05) is 0 Å². The van der Waals surface area contributed by atoms with Crippen molar-refractivity contribution >= 4 is 0 Å². The monoisotopic (exact) mass is 247 g/mol. The molecule has 0 aliphatic heterocycles. The summed E-state index contributed by atoms with van der Waals surface area (Å²) in [5.74, 6) is 2.17. The van der Waals surface area contributed by atoms with Crippen LogP contribution in [-0.4, -0.2) is 6.54 Å². The number of aryl methyl sites for hydroxylation is 1. The smallest absolute Gasteiger partial charge is 0.125 e. The van der Waals surface area contributed by atoms with Crippen molar-refractivity contribution in [3.63, 3.8) is 0 Å². The molecule has 0 bridgehead atoms. The van der Waals surface area contributed by atoms with Gasteiger partial charge in [0.15, 0.2) is 0 Å². The quantitative estimate of drug-likeness (QED) is 0.781. The first kappa shape index (κ1) is 13.4. The van der Waals surface area contributed by atoms with Crippen LogP contribution in [-0.2, 0) is 6.42 Å². The molecule has 18 heavy (non-hydrogen) atoms. The third-order valence-corrected chi connectivity index (χ3v) is 3.67. The highest BCUT2D eigenvalue weighted by molar-refractivity contribution is 5.23. The van der Waals surface area contributed by atoms with Crippen LogP contribution in [0.25, 0.3) is 0 Å². The summed E-state index contributed by atoms with van der Waals surface area (Å²) >= 11 is 0. The van der Waals surface area contributed by atoms with Gasteiger partial charge in [-0.25, -0.2) is 0 Å². The van der Waals surface area contributed by atoms with Crippen LogP contribution < -0.4 is 5.32 Å². The van der Waals surface area contributed by atoms with Crippen molar-refractivity contribution in [3.8, 4) is 0 Å². The van der Waals surface area contributed by atoms with E-state index in [-0.39, 0.29) is 6.04 Å². The lowest BCUT2D eigenvalue weighted by atomic mass is 10.00. The van der Waals surface area contributed by atoms with Gasteiger partial charge in [0.2, 0.25) is 0 Å². The SMILES string of the molecule is CCNC(C1=CCCCCC1)c1ccc(CC)o1. The van der Waals surface area contributed by atoms with Crippen molar-refractivity contribution in [3.05, 3.63) is 35.3 Å². The van der Waals surface area contributed by atoms with Crippen molar-refractivity contribution in [2.24, 2.45) is 0 Å². The zero-order chi connectivity index (χ0) is 12.8. The van der Waals surface area contributed by atoms with E-state index in [1.165, 1.54) is 37.7 Å².